The summed E-state index contributed by atoms with van der Waals surface area (Å²) >= 11 is 5.91. The molecule has 0 saturated heterocycles. The van der Waals surface area contributed by atoms with Gasteiger partial charge >= 0.3 is 5.97 Å². The van der Waals surface area contributed by atoms with Gasteiger partial charge in [0.15, 0.2) is 6.61 Å². The highest BCUT2D eigenvalue weighted by atomic mass is 35.5. The standard InChI is InChI=1S/C15H19ClN2O3/c16-11-7-4-8-12(17)14(11)15(20)21-9-13(19)18-10-5-2-1-3-6-10/h4,7-8,10H,1-3,5-6,9,17H2,(H,18,19). The third kappa shape index (κ3) is 4.36. The van der Waals surface area contributed by atoms with Crippen LogP contribution < -0.4 is 11.1 Å². The van der Waals surface area contributed by atoms with Crippen LogP contribution in [0.3, 0.4) is 0 Å². The lowest BCUT2D eigenvalue weighted by Gasteiger charge is -2.22. The number of carbonyl (C=O) groups excluding carboxylic acids is 2. The van der Waals surface area contributed by atoms with Crippen molar-refractivity contribution in [2.45, 2.75) is 38.1 Å². The number of nitrogens with two attached hydrogens (primary N) is 1. The number of anilines is 1. The highest BCUT2D eigenvalue weighted by Gasteiger charge is 2.19. The molecule has 1 amide bonds. The molecule has 1 aromatic rings. The number of nitrogen functional groups attached to an aromatic ring is 1. The van der Waals surface area contributed by atoms with Crippen LogP contribution in [-0.2, 0) is 9.53 Å². The van der Waals surface area contributed by atoms with E-state index in [0.29, 0.717) is 0 Å². The monoisotopic (exact) mass is 310 g/mol. The van der Waals surface area contributed by atoms with Crippen LogP contribution >= 0.6 is 11.6 Å². The minimum Gasteiger partial charge on any atom is -0.452 e. The summed E-state index contributed by atoms with van der Waals surface area (Å²) in [6.07, 6.45) is 5.43. The van der Waals surface area contributed by atoms with E-state index in [0.717, 1.165) is 25.7 Å². The zero-order chi connectivity index (χ0) is 15.2. The maximum atomic E-state index is 11.9. The van der Waals surface area contributed by atoms with Gasteiger partial charge in [-0.2, -0.15) is 0 Å². The Morgan fingerprint density at radius 2 is 2.00 bits per heavy atom. The first-order valence-corrected chi connectivity index (χ1v) is 7.46. The van der Waals surface area contributed by atoms with Crippen LogP contribution in [0.15, 0.2) is 18.2 Å². The number of nitrogens with one attached hydrogen (secondary N) is 1. The molecule has 0 heterocycles. The molecular weight excluding hydrogens is 292 g/mol. The lowest BCUT2D eigenvalue weighted by atomic mass is 9.95. The van der Waals surface area contributed by atoms with E-state index in [1.165, 1.54) is 6.42 Å². The van der Waals surface area contributed by atoms with E-state index in [1.807, 2.05) is 0 Å². The second-order valence-electron chi connectivity index (χ2n) is 5.18. The van der Waals surface area contributed by atoms with Crippen molar-refractivity contribution in [2.75, 3.05) is 12.3 Å². The lowest BCUT2D eigenvalue weighted by molar-refractivity contribution is -0.125. The first kappa shape index (κ1) is 15.6. The number of hydrogen-bond acceptors (Lipinski definition) is 4. The molecule has 0 unspecified atom stereocenters. The summed E-state index contributed by atoms with van der Waals surface area (Å²) in [6, 6.07) is 4.95. The summed E-state index contributed by atoms with van der Waals surface area (Å²) < 4.78 is 4.98. The van der Waals surface area contributed by atoms with Crippen LogP contribution in [0.5, 0.6) is 0 Å². The van der Waals surface area contributed by atoms with Gasteiger partial charge in [-0.1, -0.05) is 36.9 Å². The van der Waals surface area contributed by atoms with Crippen molar-refractivity contribution in [3.05, 3.63) is 28.8 Å². The fourth-order valence-electron chi connectivity index (χ4n) is 2.48. The maximum Gasteiger partial charge on any atom is 0.342 e. The van der Waals surface area contributed by atoms with Crippen molar-refractivity contribution >= 4 is 29.2 Å². The Hall–Kier alpha value is -1.75. The van der Waals surface area contributed by atoms with Gasteiger partial charge in [-0.05, 0) is 25.0 Å². The Morgan fingerprint density at radius 1 is 1.29 bits per heavy atom. The fraction of sp³-hybridized carbons (Fsp3) is 0.467. The molecule has 0 bridgehead atoms. The Bertz CT molecular complexity index is 507. The van der Waals surface area contributed by atoms with Crippen LogP contribution in [0.2, 0.25) is 5.02 Å². The molecule has 0 atom stereocenters. The lowest BCUT2D eigenvalue weighted by Crippen LogP contribution is -2.38. The van der Waals surface area contributed by atoms with Crippen molar-refractivity contribution in [1.82, 2.24) is 5.32 Å². The molecule has 1 aliphatic rings. The summed E-state index contributed by atoms with van der Waals surface area (Å²) in [7, 11) is 0. The smallest absolute Gasteiger partial charge is 0.342 e. The van der Waals surface area contributed by atoms with Gasteiger partial charge in [0.05, 0.1) is 5.02 Å². The van der Waals surface area contributed by atoms with Crippen molar-refractivity contribution in [1.29, 1.82) is 0 Å². The molecule has 0 spiro atoms. The number of benzene rings is 1. The third-order valence-corrected chi connectivity index (χ3v) is 3.87. The molecule has 6 heteroatoms. The van der Waals surface area contributed by atoms with E-state index in [-0.39, 0.29) is 34.8 Å². The molecule has 1 aliphatic carbocycles. The van der Waals surface area contributed by atoms with Crippen LogP contribution in [0.25, 0.3) is 0 Å². The molecule has 21 heavy (non-hydrogen) atoms. The molecule has 0 aliphatic heterocycles. The van der Waals surface area contributed by atoms with E-state index in [4.69, 9.17) is 22.1 Å². The molecule has 1 saturated carbocycles. The van der Waals surface area contributed by atoms with Gasteiger partial charge in [-0.25, -0.2) is 4.79 Å². The highest BCUT2D eigenvalue weighted by molar-refractivity contribution is 6.34. The molecule has 2 rings (SSSR count). The Balaban J connectivity index is 1.84. The summed E-state index contributed by atoms with van der Waals surface area (Å²) in [4.78, 5) is 23.7. The van der Waals surface area contributed by atoms with Gasteiger partial charge < -0.3 is 15.8 Å². The van der Waals surface area contributed by atoms with E-state index in [1.54, 1.807) is 18.2 Å². The Morgan fingerprint density at radius 3 is 2.67 bits per heavy atom. The van der Waals surface area contributed by atoms with Gasteiger partial charge in [-0.3, -0.25) is 4.79 Å². The zero-order valence-corrected chi connectivity index (χ0v) is 12.5. The average Bonchev–Trinajstić information content (AvgIpc) is 2.46. The van der Waals surface area contributed by atoms with Crippen molar-refractivity contribution in [2.24, 2.45) is 0 Å². The molecule has 0 radical (unpaired) electrons. The number of rotatable bonds is 4. The van der Waals surface area contributed by atoms with Gasteiger partial charge in [0.2, 0.25) is 0 Å². The predicted octanol–water partition coefficient (Wildman–Crippen LogP) is 2.53. The Kier molecular flexibility index (Phi) is 5.44. The quantitative estimate of drug-likeness (QED) is 0.661. The molecule has 5 nitrogen and oxygen atoms in total. The largest absolute Gasteiger partial charge is 0.452 e. The van der Waals surface area contributed by atoms with Crippen LogP contribution in [0.1, 0.15) is 42.5 Å². The molecule has 1 aromatic carbocycles. The number of ether oxygens (including phenoxy) is 1. The SMILES string of the molecule is Nc1cccc(Cl)c1C(=O)OCC(=O)NC1CCCCC1. The van der Waals surface area contributed by atoms with Crippen LogP contribution in [0, 0.1) is 0 Å². The number of hydrogen-bond donors (Lipinski definition) is 2. The molecular formula is C15H19ClN2O3. The van der Waals surface area contributed by atoms with Gasteiger partial charge in [-0.15, -0.1) is 0 Å². The minimum absolute atomic E-state index is 0.102. The molecule has 1 fully saturated rings. The first-order valence-electron chi connectivity index (χ1n) is 7.08. The van der Waals surface area contributed by atoms with Crippen molar-refractivity contribution in [3.63, 3.8) is 0 Å². The number of halogens is 1. The maximum absolute atomic E-state index is 11.9. The normalized spacial score (nSPS) is 15.5. The summed E-state index contributed by atoms with van der Waals surface area (Å²) in [5, 5.41) is 3.09. The number of esters is 1. The second kappa shape index (κ2) is 7.31. The van der Waals surface area contributed by atoms with Gasteiger partial charge in [0, 0.05) is 11.7 Å². The molecule has 114 valence electrons. The summed E-state index contributed by atoms with van der Waals surface area (Å²) in [6.45, 7) is -0.319. The third-order valence-electron chi connectivity index (χ3n) is 3.55. The predicted molar refractivity (Wildman–Crippen MR) is 81.2 cm³/mol. The summed E-state index contributed by atoms with van der Waals surface area (Å²) in [5.74, 6) is -0.974. The number of carbonyl (C=O) groups is 2. The average molecular weight is 311 g/mol. The minimum atomic E-state index is -0.683. The Labute approximate surface area is 128 Å². The van der Waals surface area contributed by atoms with E-state index >= 15 is 0 Å². The van der Waals surface area contributed by atoms with Gasteiger partial charge in [0.25, 0.3) is 5.91 Å². The fourth-order valence-corrected chi connectivity index (χ4v) is 2.73. The van der Waals surface area contributed by atoms with Crippen molar-refractivity contribution < 1.29 is 14.3 Å². The topological polar surface area (TPSA) is 81.4 Å². The second-order valence-corrected chi connectivity index (χ2v) is 5.59. The number of amides is 1. The van der Waals surface area contributed by atoms with E-state index < -0.39 is 5.97 Å². The van der Waals surface area contributed by atoms with E-state index in [9.17, 15) is 9.59 Å². The first-order chi connectivity index (χ1) is 10.1. The molecule has 0 aromatic heterocycles. The van der Waals surface area contributed by atoms with Crippen LogP contribution in [0.4, 0.5) is 5.69 Å². The van der Waals surface area contributed by atoms with E-state index in [2.05, 4.69) is 5.32 Å². The molecule has 3 N–H and O–H groups in total. The zero-order valence-electron chi connectivity index (χ0n) is 11.7. The highest BCUT2D eigenvalue weighted by Crippen LogP contribution is 2.22. The van der Waals surface area contributed by atoms with Crippen LogP contribution in [-0.4, -0.2) is 24.5 Å². The van der Waals surface area contributed by atoms with Crippen molar-refractivity contribution in [3.8, 4) is 0 Å². The summed E-state index contributed by atoms with van der Waals surface area (Å²) in [5.41, 5.74) is 6.03. The van der Waals surface area contributed by atoms with Gasteiger partial charge in [0.1, 0.15) is 5.56 Å².